The van der Waals surface area contributed by atoms with Crippen molar-refractivity contribution in [1.29, 1.82) is 0 Å². The highest BCUT2D eigenvalue weighted by molar-refractivity contribution is 6.45. The van der Waals surface area contributed by atoms with Crippen LogP contribution in [-0.2, 0) is 14.3 Å². The third kappa shape index (κ3) is 4.24. The Morgan fingerprint density at radius 1 is 1.48 bits per heavy atom. The summed E-state index contributed by atoms with van der Waals surface area (Å²) in [5, 5.41) is 15.3. The van der Waals surface area contributed by atoms with Gasteiger partial charge < -0.3 is 29.9 Å². The van der Waals surface area contributed by atoms with Gasteiger partial charge in [-0.1, -0.05) is 13.0 Å². The van der Waals surface area contributed by atoms with E-state index in [1.807, 2.05) is 6.92 Å². The van der Waals surface area contributed by atoms with Gasteiger partial charge in [0.25, 0.3) is 5.91 Å². The van der Waals surface area contributed by atoms with Gasteiger partial charge >= 0.3 is 7.05 Å². The number of nitrogens with zero attached hydrogens (tertiary/aromatic N) is 1. The van der Waals surface area contributed by atoms with E-state index in [2.05, 4.69) is 10.6 Å². The number of halogens is 1. The summed E-state index contributed by atoms with van der Waals surface area (Å²) in [5.41, 5.74) is -0.904. The molecule has 0 bridgehead atoms. The first-order valence-corrected chi connectivity index (χ1v) is 9.85. The second kappa shape index (κ2) is 8.68. The molecule has 0 aliphatic carbocycles. The molecule has 1 aromatic carbocycles. The first kappa shape index (κ1) is 21.5. The Morgan fingerprint density at radius 2 is 2.17 bits per heavy atom. The minimum absolute atomic E-state index is 0.0346. The molecule has 0 unspecified atom stereocenters. The number of fused-ring (bicyclic) bond motifs is 1. The fourth-order valence-electron chi connectivity index (χ4n) is 3.88. The van der Waals surface area contributed by atoms with E-state index in [9.17, 15) is 19.0 Å². The van der Waals surface area contributed by atoms with Crippen LogP contribution in [0.25, 0.3) is 0 Å². The van der Waals surface area contributed by atoms with Crippen molar-refractivity contribution in [3.8, 4) is 5.75 Å². The molecule has 3 rings (SSSR count). The van der Waals surface area contributed by atoms with Crippen molar-refractivity contribution in [2.45, 2.75) is 50.7 Å². The number of nitrogens with one attached hydrogen (secondary N) is 2. The number of ether oxygens (including phenoxy) is 2. The second-order valence-corrected chi connectivity index (χ2v) is 7.55. The van der Waals surface area contributed by atoms with Crippen molar-refractivity contribution in [3.63, 3.8) is 0 Å². The largest absolute Gasteiger partial charge is 0.479 e. The highest BCUT2D eigenvalue weighted by Gasteiger charge is 2.50. The summed E-state index contributed by atoms with van der Waals surface area (Å²) in [5.74, 6) is -1.50. The van der Waals surface area contributed by atoms with Crippen LogP contribution in [0.3, 0.4) is 0 Å². The predicted octanol–water partition coefficient (Wildman–Crippen LogP) is 1.01. The predicted molar refractivity (Wildman–Crippen MR) is 106 cm³/mol. The molecule has 1 fully saturated rings. The lowest BCUT2D eigenvalue weighted by molar-refractivity contribution is -0.138. The molecule has 8 nitrogen and oxygen atoms in total. The monoisotopic (exact) mass is 407 g/mol. The number of benzene rings is 1. The Labute approximate surface area is 169 Å². The van der Waals surface area contributed by atoms with E-state index in [0.717, 1.165) is 0 Å². The Balaban J connectivity index is 1.94. The van der Waals surface area contributed by atoms with Gasteiger partial charge in [-0.3, -0.25) is 9.59 Å². The molecule has 3 N–H and O–H groups in total. The molecule has 1 saturated heterocycles. The highest BCUT2D eigenvalue weighted by atomic mass is 19.1. The maximum absolute atomic E-state index is 14.5. The van der Waals surface area contributed by atoms with Crippen LogP contribution in [0.2, 0.25) is 6.82 Å². The first-order chi connectivity index (χ1) is 13.8. The van der Waals surface area contributed by atoms with Crippen LogP contribution >= 0.6 is 0 Å². The third-order valence-electron chi connectivity index (χ3n) is 5.71. The minimum Gasteiger partial charge on any atom is -0.479 e. The lowest BCUT2D eigenvalue weighted by Crippen LogP contribution is -2.64. The van der Waals surface area contributed by atoms with Crippen LogP contribution in [0.15, 0.2) is 18.2 Å². The lowest BCUT2D eigenvalue weighted by Gasteiger charge is -2.41. The van der Waals surface area contributed by atoms with Gasteiger partial charge in [0.05, 0.1) is 24.9 Å². The number of rotatable bonds is 5. The summed E-state index contributed by atoms with van der Waals surface area (Å²) in [6, 6.07) is 2.63. The topological polar surface area (TPSA) is 100 Å². The summed E-state index contributed by atoms with van der Waals surface area (Å²) in [4.78, 5) is 27.6. The van der Waals surface area contributed by atoms with Crippen molar-refractivity contribution < 1.29 is 28.5 Å². The number of hydrogen-bond acceptors (Lipinski definition) is 6. The lowest BCUT2D eigenvalue weighted by atomic mass is 9.82. The summed E-state index contributed by atoms with van der Waals surface area (Å²) in [6.45, 7) is 4.04. The molecular weight excluding hydrogens is 380 g/mol. The average Bonchev–Trinajstić information content (AvgIpc) is 2.79. The molecular formula is C19H27BFN3O5. The maximum Gasteiger partial charge on any atom is 0.376 e. The van der Waals surface area contributed by atoms with Gasteiger partial charge in [0.1, 0.15) is 11.6 Å². The zero-order chi connectivity index (χ0) is 21.2. The van der Waals surface area contributed by atoms with Crippen molar-refractivity contribution >= 4 is 24.6 Å². The number of amides is 2. The normalized spacial score (nSPS) is 21.6. The molecule has 29 heavy (non-hydrogen) atoms. The summed E-state index contributed by atoms with van der Waals surface area (Å²) in [6.07, 6.45) is 1.08. The SMILES string of the molecule is CC[C@@H](C(=O)N[C@H]1C(=O)Nc2cccc(F)c2OC12CCOCC2)N(C)B(C)O. The molecule has 1 aromatic rings. The Kier molecular flexibility index (Phi) is 6.45. The summed E-state index contributed by atoms with van der Waals surface area (Å²) >= 11 is 0. The minimum atomic E-state index is -1.13. The Hall–Kier alpha value is -2.17. The van der Waals surface area contributed by atoms with E-state index < -0.39 is 42.4 Å². The number of carbonyl (C=O) groups excluding carboxylic acids is 2. The van der Waals surface area contributed by atoms with Gasteiger partial charge in [-0.25, -0.2) is 4.39 Å². The van der Waals surface area contributed by atoms with E-state index in [-0.39, 0.29) is 11.4 Å². The quantitative estimate of drug-likeness (QED) is 0.631. The number of carbonyl (C=O) groups is 2. The van der Waals surface area contributed by atoms with Crippen LogP contribution in [0.4, 0.5) is 10.1 Å². The Bertz CT molecular complexity index is 772. The van der Waals surface area contributed by atoms with Crippen molar-refractivity contribution in [2.75, 3.05) is 25.6 Å². The van der Waals surface area contributed by atoms with Crippen LogP contribution in [0.5, 0.6) is 5.75 Å². The molecule has 2 atom stereocenters. The van der Waals surface area contributed by atoms with Gasteiger partial charge in [-0.05, 0) is 32.4 Å². The second-order valence-electron chi connectivity index (χ2n) is 7.55. The van der Waals surface area contributed by atoms with Crippen LogP contribution < -0.4 is 15.4 Å². The summed E-state index contributed by atoms with van der Waals surface area (Å²) < 4.78 is 26.0. The van der Waals surface area contributed by atoms with Crippen LogP contribution in [0, 0.1) is 5.82 Å². The van der Waals surface area contributed by atoms with Crippen molar-refractivity contribution in [1.82, 2.24) is 10.1 Å². The smallest absolute Gasteiger partial charge is 0.376 e. The number of hydrogen-bond donors (Lipinski definition) is 3. The van der Waals surface area contributed by atoms with Gasteiger partial charge in [-0.2, -0.15) is 0 Å². The van der Waals surface area contributed by atoms with Crippen LogP contribution in [0.1, 0.15) is 26.2 Å². The molecule has 2 amide bonds. The molecule has 2 aliphatic rings. The van der Waals surface area contributed by atoms with E-state index >= 15 is 0 Å². The zero-order valence-corrected chi connectivity index (χ0v) is 16.9. The van der Waals surface area contributed by atoms with Gasteiger partial charge in [-0.15, -0.1) is 0 Å². The zero-order valence-electron chi connectivity index (χ0n) is 16.9. The maximum atomic E-state index is 14.5. The Morgan fingerprint density at radius 3 is 2.79 bits per heavy atom. The highest BCUT2D eigenvalue weighted by Crippen LogP contribution is 2.39. The van der Waals surface area contributed by atoms with Crippen LogP contribution in [-0.4, -0.2) is 66.6 Å². The molecule has 2 aliphatic heterocycles. The van der Waals surface area contributed by atoms with Crippen molar-refractivity contribution in [3.05, 3.63) is 24.0 Å². The number of likely N-dealkylation sites (N-methyl/N-ethyl adjacent to an activating group) is 1. The van der Waals surface area contributed by atoms with E-state index in [0.29, 0.717) is 32.5 Å². The standard InChI is InChI=1S/C19H27BFN3O5/c1-4-14(24(3)20(2)27)17(25)23-16-18(26)22-13-7-5-6-12(21)15(13)29-19(16)8-10-28-11-9-19/h5-7,14,16,27H,4,8-11H2,1-3H3,(H,22,26)(H,23,25)/t14-,16-/m0/s1. The molecule has 10 heteroatoms. The molecule has 1 spiro atoms. The number of para-hydroxylation sites is 1. The first-order valence-electron chi connectivity index (χ1n) is 9.85. The third-order valence-corrected chi connectivity index (χ3v) is 5.71. The van der Waals surface area contributed by atoms with E-state index in [1.54, 1.807) is 19.9 Å². The van der Waals surface area contributed by atoms with Gasteiger partial charge in [0.2, 0.25) is 5.91 Å². The van der Waals surface area contributed by atoms with Crippen molar-refractivity contribution in [2.24, 2.45) is 0 Å². The molecule has 0 aromatic heterocycles. The van der Waals surface area contributed by atoms with Gasteiger partial charge in [0, 0.05) is 12.8 Å². The average molecular weight is 407 g/mol. The van der Waals surface area contributed by atoms with E-state index in [4.69, 9.17) is 9.47 Å². The molecule has 0 saturated carbocycles. The molecule has 158 valence electrons. The summed E-state index contributed by atoms with van der Waals surface area (Å²) in [7, 11) is 0.803. The fourth-order valence-corrected chi connectivity index (χ4v) is 3.88. The fraction of sp³-hybridized carbons (Fsp3) is 0.579. The molecule has 0 radical (unpaired) electrons. The molecule has 2 heterocycles. The van der Waals surface area contributed by atoms with E-state index in [1.165, 1.54) is 16.9 Å². The van der Waals surface area contributed by atoms with Gasteiger partial charge in [0.15, 0.2) is 11.6 Å². The number of anilines is 1.